The molecule has 2 N–H and O–H groups in total. The molecule has 1 aliphatic heterocycles. The topological polar surface area (TPSA) is 71.4 Å². The zero-order chi connectivity index (χ0) is 26.7. The second-order valence-electron chi connectivity index (χ2n) is 10.8. The van der Waals surface area contributed by atoms with Crippen LogP contribution in [0.5, 0.6) is 0 Å². The number of carbonyl (C=O) groups excluding carboxylic acids is 1. The van der Waals surface area contributed by atoms with Crippen LogP contribution in [0.2, 0.25) is 30.7 Å². The standard InChI is InChI=1S/C26H34ClF2N5O2Si/c1-33-10-6-9-19(15-33)31-26-32-23-22(29)21(28)14-20(25(35)30-18-8-5-7-17(27)13-18)24(23)34(26)16-36-11-12-37(2,3)4/h5,7-8,13-14,19H,6,9-12,15-16H2,1-4H3,(H,30,35)(H,31,32). The molecule has 0 bridgehead atoms. The molecule has 37 heavy (non-hydrogen) atoms. The van der Waals surface area contributed by atoms with Gasteiger partial charge in [0.05, 0.1) is 11.1 Å². The van der Waals surface area contributed by atoms with Gasteiger partial charge in [-0.2, -0.15) is 0 Å². The van der Waals surface area contributed by atoms with Gasteiger partial charge in [-0.25, -0.2) is 13.8 Å². The lowest BCUT2D eigenvalue weighted by molar-refractivity contribution is 0.0906. The van der Waals surface area contributed by atoms with E-state index in [1.807, 2.05) is 7.05 Å². The monoisotopic (exact) mass is 549 g/mol. The van der Waals surface area contributed by atoms with Crippen LogP contribution in [0.15, 0.2) is 30.3 Å². The third kappa shape index (κ3) is 6.87. The number of imidazole rings is 1. The summed E-state index contributed by atoms with van der Waals surface area (Å²) in [7, 11) is 0.707. The summed E-state index contributed by atoms with van der Waals surface area (Å²) in [6, 6.07) is 8.56. The fourth-order valence-corrected chi connectivity index (χ4v) is 5.37. The van der Waals surface area contributed by atoms with Crippen molar-refractivity contribution in [3.05, 3.63) is 52.6 Å². The van der Waals surface area contributed by atoms with Crippen molar-refractivity contribution in [1.29, 1.82) is 0 Å². The normalized spacial score (nSPS) is 16.8. The summed E-state index contributed by atoms with van der Waals surface area (Å²) in [6.07, 6.45) is 1.93. The zero-order valence-corrected chi connectivity index (χ0v) is 23.5. The third-order valence-electron chi connectivity index (χ3n) is 6.41. The van der Waals surface area contributed by atoms with Crippen LogP contribution in [-0.4, -0.2) is 61.2 Å². The van der Waals surface area contributed by atoms with Crippen molar-refractivity contribution in [3.63, 3.8) is 0 Å². The molecule has 1 unspecified atom stereocenters. The van der Waals surface area contributed by atoms with E-state index in [4.69, 9.17) is 16.3 Å². The molecule has 1 amide bonds. The molecule has 3 aromatic rings. The molecule has 11 heteroatoms. The number of nitrogens with one attached hydrogen (secondary N) is 2. The quantitative estimate of drug-likeness (QED) is 0.251. The first-order chi connectivity index (χ1) is 17.5. The van der Waals surface area contributed by atoms with Crippen molar-refractivity contribution in [1.82, 2.24) is 14.5 Å². The Morgan fingerprint density at radius 1 is 1.27 bits per heavy atom. The van der Waals surface area contributed by atoms with Gasteiger partial charge >= 0.3 is 0 Å². The molecule has 1 aromatic heterocycles. The smallest absolute Gasteiger partial charge is 0.257 e. The van der Waals surface area contributed by atoms with Gasteiger partial charge < -0.3 is 20.3 Å². The van der Waals surface area contributed by atoms with Gasteiger partial charge in [0.2, 0.25) is 5.95 Å². The molecule has 1 aliphatic rings. The van der Waals surface area contributed by atoms with Gasteiger partial charge in [-0.05, 0) is 56.7 Å². The van der Waals surface area contributed by atoms with Gasteiger partial charge in [0.25, 0.3) is 5.91 Å². The summed E-state index contributed by atoms with van der Waals surface area (Å²) in [5, 5.41) is 6.57. The molecule has 200 valence electrons. The molecule has 2 aromatic carbocycles. The number of amides is 1. The SMILES string of the molecule is CN1CCCC(Nc2nc3c(F)c(F)cc(C(=O)Nc4cccc(Cl)c4)c3n2COCC[Si](C)(C)C)C1. The maximum Gasteiger partial charge on any atom is 0.257 e. The lowest BCUT2D eigenvalue weighted by Crippen LogP contribution is -2.40. The highest BCUT2D eigenvalue weighted by molar-refractivity contribution is 6.76. The molecule has 2 heterocycles. The average Bonchev–Trinajstić information content (AvgIpc) is 3.16. The van der Waals surface area contributed by atoms with Gasteiger partial charge in [0.1, 0.15) is 12.2 Å². The van der Waals surface area contributed by atoms with E-state index in [0.717, 1.165) is 38.0 Å². The minimum atomic E-state index is -1.34. The summed E-state index contributed by atoms with van der Waals surface area (Å²) in [5.41, 5.74) is 0.371. The Balaban J connectivity index is 1.74. The van der Waals surface area contributed by atoms with E-state index < -0.39 is 25.6 Å². The van der Waals surface area contributed by atoms with E-state index in [9.17, 15) is 9.18 Å². The van der Waals surface area contributed by atoms with Gasteiger partial charge in [-0.15, -0.1) is 0 Å². The van der Waals surface area contributed by atoms with E-state index in [1.54, 1.807) is 28.8 Å². The number of aromatic nitrogens is 2. The second kappa shape index (κ2) is 11.5. The van der Waals surface area contributed by atoms with E-state index >= 15 is 4.39 Å². The maximum atomic E-state index is 15.0. The van der Waals surface area contributed by atoms with Crippen LogP contribution in [0, 0.1) is 11.6 Å². The van der Waals surface area contributed by atoms with E-state index in [2.05, 4.69) is 40.2 Å². The molecule has 7 nitrogen and oxygen atoms in total. The maximum absolute atomic E-state index is 15.0. The highest BCUT2D eigenvalue weighted by Gasteiger charge is 2.27. The van der Waals surface area contributed by atoms with Crippen LogP contribution in [0.1, 0.15) is 23.2 Å². The number of piperidine rings is 1. The largest absolute Gasteiger partial charge is 0.361 e. The first-order valence-corrected chi connectivity index (χ1v) is 16.6. The third-order valence-corrected chi connectivity index (χ3v) is 8.35. The van der Waals surface area contributed by atoms with Crippen molar-refractivity contribution >= 4 is 48.3 Å². The number of ether oxygens (including phenoxy) is 1. The Kier molecular flexibility index (Phi) is 8.52. The fourth-order valence-electron chi connectivity index (χ4n) is 4.43. The molecule has 0 spiro atoms. The fraction of sp³-hybridized carbons (Fsp3) is 0.462. The molecule has 4 rings (SSSR count). The summed E-state index contributed by atoms with van der Waals surface area (Å²) in [4.78, 5) is 20.0. The van der Waals surface area contributed by atoms with Crippen molar-refractivity contribution in [2.75, 3.05) is 37.4 Å². The Labute approximate surface area is 222 Å². The molecular weight excluding hydrogens is 516 g/mol. The predicted octanol–water partition coefficient (Wildman–Crippen LogP) is 6.04. The summed E-state index contributed by atoms with van der Waals surface area (Å²) in [6.45, 7) is 9.13. The first-order valence-electron chi connectivity index (χ1n) is 12.5. The van der Waals surface area contributed by atoms with E-state index in [1.165, 1.54) is 0 Å². The number of rotatable bonds is 9. The number of likely N-dealkylation sites (tertiary alicyclic amines) is 1. The summed E-state index contributed by atoms with van der Waals surface area (Å²) in [5.74, 6) is -2.49. The molecule has 0 aliphatic carbocycles. The van der Waals surface area contributed by atoms with Crippen molar-refractivity contribution in [3.8, 4) is 0 Å². The lowest BCUT2D eigenvalue weighted by Gasteiger charge is -2.30. The Morgan fingerprint density at radius 3 is 2.76 bits per heavy atom. The number of hydrogen-bond acceptors (Lipinski definition) is 5. The lowest BCUT2D eigenvalue weighted by atomic mass is 10.1. The summed E-state index contributed by atoms with van der Waals surface area (Å²) < 4.78 is 37.3. The Bertz CT molecular complexity index is 1280. The zero-order valence-electron chi connectivity index (χ0n) is 21.7. The number of nitrogens with zero attached hydrogens (tertiary/aromatic N) is 3. The molecule has 1 saturated heterocycles. The van der Waals surface area contributed by atoms with Crippen LogP contribution >= 0.6 is 11.6 Å². The highest BCUT2D eigenvalue weighted by Crippen LogP contribution is 2.30. The predicted molar refractivity (Wildman–Crippen MR) is 147 cm³/mol. The van der Waals surface area contributed by atoms with Crippen molar-refractivity contribution in [2.24, 2.45) is 0 Å². The number of anilines is 2. The minimum absolute atomic E-state index is 0.0380. The number of halogens is 3. The number of fused-ring (bicyclic) bond motifs is 1. The molecular formula is C26H34ClF2N5O2Si. The number of likely N-dealkylation sites (N-methyl/N-ethyl adjacent to an activating group) is 1. The Hall–Kier alpha value is -2.53. The number of carbonyl (C=O) groups is 1. The number of hydrogen-bond donors (Lipinski definition) is 2. The van der Waals surface area contributed by atoms with Crippen LogP contribution < -0.4 is 10.6 Å². The molecule has 0 radical (unpaired) electrons. The van der Waals surface area contributed by atoms with Crippen LogP contribution in [0.4, 0.5) is 20.4 Å². The van der Waals surface area contributed by atoms with Gasteiger partial charge in [-0.3, -0.25) is 9.36 Å². The van der Waals surface area contributed by atoms with Gasteiger partial charge in [-0.1, -0.05) is 37.3 Å². The second-order valence-corrected chi connectivity index (χ2v) is 16.9. The van der Waals surface area contributed by atoms with Crippen molar-refractivity contribution in [2.45, 2.75) is 51.3 Å². The minimum Gasteiger partial charge on any atom is -0.361 e. The first kappa shape index (κ1) is 27.5. The van der Waals surface area contributed by atoms with E-state index in [-0.39, 0.29) is 29.4 Å². The van der Waals surface area contributed by atoms with Gasteiger partial charge in [0, 0.05) is 38.0 Å². The van der Waals surface area contributed by atoms with Crippen LogP contribution in [0.25, 0.3) is 11.0 Å². The van der Waals surface area contributed by atoms with Gasteiger partial charge in [0.15, 0.2) is 11.6 Å². The average molecular weight is 550 g/mol. The Morgan fingerprint density at radius 2 is 2.05 bits per heavy atom. The molecule has 0 saturated carbocycles. The van der Waals surface area contributed by atoms with Crippen LogP contribution in [0.3, 0.4) is 0 Å². The van der Waals surface area contributed by atoms with Crippen LogP contribution in [-0.2, 0) is 11.5 Å². The molecule has 1 fully saturated rings. The van der Waals surface area contributed by atoms with Crippen molar-refractivity contribution < 1.29 is 18.3 Å². The summed E-state index contributed by atoms with van der Waals surface area (Å²) >= 11 is 6.05. The highest BCUT2D eigenvalue weighted by atomic mass is 35.5. The molecule has 1 atom stereocenters. The van der Waals surface area contributed by atoms with E-state index in [0.29, 0.717) is 23.3 Å². The number of benzene rings is 2.